The molecule has 1 unspecified atom stereocenters. The molecule has 1 rings (SSSR count). The zero-order chi connectivity index (χ0) is 17.8. The molecule has 0 aliphatic heterocycles. The first kappa shape index (κ1) is 18.8. The van der Waals surface area contributed by atoms with Crippen LogP contribution in [-0.4, -0.2) is 29.7 Å². The van der Waals surface area contributed by atoms with Crippen LogP contribution in [0.2, 0.25) is 0 Å². The third kappa shape index (κ3) is 5.17. The summed E-state index contributed by atoms with van der Waals surface area (Å²) in [6.07, 6.45) is -0.612. The molecule has 0 bridgehead atoms. The molecule has 0 radical (unpaired) electrons. The summed E-state index contributed by atoms with van der Waals surface area (Å²) >= 11 is 0. The van der Waals surface area contributed by atoms with E-state index in [1.165, 1.54) is 6.07 Å². The Morgan fingerprint density at radius 1 is 1.39 bits per heavy atom. The van der Waals surface area contributed by atoms with Crippen LogP contribution in [0, 0.1) is 15.9 Å². The second-order valence-corrected chi connectivity index (χ2v) is 6.54. The van der Waals surface area contributed by atoms with Gasteiger partial charge in [0.05, 0.1) is 4.92 Å². The number of nitrogens with zero attached hydrogens (tertiary/aromatic N) is 1. The highest BCUT2D eigenvalue weighted by Crippen LogP contribution is 2.27. The topological polar surface area (TPSA) is 107 Å². The van der Waals surface area contributed by atoms with E-state index in [9.17, 15) is 19.3 Å². The second kappa shape index (κ2) is 6.91. The molecule has 0 aliphatic carbocycles. The summed E-state index contributed by atoms with van der Waals surface area (Å²) in [4.78, 5) is 21.6. The molecule has 0 spiro atoms. The first-order valence-corrected chi connectivity index (χ1v) is 7.10. The Labute approximate surface area is 134 Å². The minimum atomic E-state index is -0.940. The maximum atomic E-state index is 13.8. The van der Waals surface area contributed by atoms with Gasteiger partial charge in [-0.3, -0.25) is 10.1 Å². The van der Waals surface area contributed by atoms with Gasteiger partial charge in [-0.25, -0.2) is 4.79 Å². The predicted molar refractivity (Wildman–Crippen MR) is 83.7 cm³/mol. The fraction of sp³-hybridized carbons (Fsp3) is 0.533. The molecule has 1 aromatic rings. The zero-order valence-electron chi connectivity index (χ0n) is 13.7. The van der Waals surface area contributed by atoms with Crippen molar-refractivity contribution in [3.05, 3.63) is 39.7 Å². The molecule has 0 saturated carbocycles. The van der Waals surface area contributed by atoms with E-state index in [4.69, 9.17) is 10.5 Å². The maximum absolute atomic E-state index is 13.8. The van der Waals surface area contributed by atoms with E-state index in [0.717, 1.165) is 12.1 Å². The molecule has 8 heteroatoms. The minimum Gasteiger partial charge on any atom is -0.444 e. The van der Waals surface area contributed by atoms with E-state index in [0.29, 0.717) is 5.56 Å². The average Bonchev–Trinajstić information content (AvgIpc) is 2.42. The Kier molecular flexibility index (Phi) is 5.65. The summed E-state index contributed by atoms with van der Waals surface area (Å²) in [5, 5.41) is 13.3. The van der Waals surface area contributed by atoms with Gasteiger partial charge in [-0.15, -0.1) is 0 Å². The summed E-state index contributed by atoms with van der Waals surface area (Å²) in [6.45, 7) is 7.15. The van der Waals surface area contributed by atoms with Crippen molar-refractivity contribution in [3.63, 3.8) is 0 Å². The van der Waals surface area contributed by atoms with Crippen molar-refractivity contribution in [3.8, 4) is 0 Å². The number of alkyl carbamates (subject to hydrolysis) is 1. The predicted octanol–water partition coefficient (Wildman–Crippen LogP) is 2.48. The smallest absolute Gasteiger partial charge is 0.407 e. The van der Waals surface area contributed by atoms with Crippen LogP contribution in [-0.2, 0) is 10.2 Å². The number of hydrogen-bond acceptors (Lipinski definition) is 5. The summed E-state index contributed by atoms with van der Waals surface area (Å²) in [7, 11) is 0. The molecule has 0 fully saturated rings. The summed E-state index contributed by atoms with van der Waals surface area (Å²) in [6, 6.07) is 3.60. The van der Waals surface area contributed by atoms with E-state index < -0.39 is 33.5 Å². The van der Waals surface area contributed by atoms with Crippen molar-refractivity contribution in [2.45, 2.75) is 38.7 Å². The van der Waals surface area contributed by atoms with Gasteiger partial charge in [-0.2, -0.15) is 4.39 Å². The Morgan fingerprint density at radius 3 is 2.43 bits per heavy atom. The van der Waals surface area contributed by atoms with E-state index in [1.807, 2.05) is 0 Å². The maximum Gasteiger partial charge on any atom is 0.407 e. The fourth-order valence-corrected chi connectivity index (χ4v) is 1.90. The van der Waals surface area contributed by atoms with Gasteiger partial charge >= 0.3 is 11.8 Å². The first-order chi connectivity index (χ1) is 10.5. The number of nitrogens with two attached hydrogens (primary N) is 1. The molecule has 0 aliphatic rings. The normalized spacial score (nSPS) is 14.0. The standard InChI is InChI=1S/C15H22FN3O4/c1-14(2,3)23-13(20)18-9-15(4,8-17)10-5-6-12(19(21)22)11(16)7-10/h5-7H,8-9,17H2,1-4H3,(H,18,20). The Bertz CT molecular complexity index is 601. The van der Waals surface area contributed by atoms with Gasteiger partial charge in [0.25, 0.3) is 0 Å². The number of benzene rings is 1. The highest BCUT2D eigenvalue weighted by molar-refractivity contribution is 5.67. The highest BCUT2D eigenvalue weighted by atomic mass is 19.1. The van der Waals surface area contributed by atoms with Gasteiger partial charge in [0, 0.05) is 24.6 Å². The fourth-order valence-electron chi connectivity index (χ4n) is 1.90. The molecular weight excluding hydrogens is 305 g/mol. The van der Waals surface area contributed by atoms with Crippen molar-refractivity contribution in [1.82, 2.24) is 5.32 Å². The van der Waals surface area contributed by atoms with Crippen LogP contribution >= 0.6 is 0 Å². The van der Waals surface area contributed by atoms with Crippen LogP contribution in [0.25, 0.3) is 0 Å². The SMILES string of the molecule is CC(C)(C)OC(=O)NCC(C)(CN)c1ccc([N+](=O)[O-])c(F)c1. The van der Waals surface area contributed by atoms with Gasteiger partial charge in [0.2, 0.25) is 5.82 Å². The molecule has 0 aromatic heterocycles. The Morgan fingerprint density at radius 2 is 2.00 bits per heavy atom. The molecule has 1 atom stereocenters. The zero-order valence-corrected chi connectivity index (χ0v) is 13.7. The van der Waals surface area contributed by atoms with Crippen LogP contribution in [0.1, 0.15) is 33.3 Å². The molecule has 7 nitrogen and oxygen atoms in total. The average molecular weight is 327 g/mol. The molecule has 1 aromatic carbocycles. The van der Waals surface area contributed by atoms with Crippen LogP contribution < -0.4 is 11.1 Å². The van der Waals surface area contributed by atoms with Crippen molar-refractivity contribution in [2.75, 3.05) is 13.1 Å². The van der Waals surface area contributed by atoms with Crippen molar-refractivity contribution < 1.29 is 18.8 Å². The van der Waals surface area contributed by atoms with Crippen LogP contribution in [0.4, 0.5) is 14.9 Å². The quantitative estimate of drug-likeness (QED) is 0.638. The van der Waals surface area contributed by atoms with Gasteiger partial charge in [0.1, 0.15) is 5.60 Å². The number of rotatable bonds is 5. The lowest BCUT2D eigenvalue weighted by Gasteiger charge is -2.29. The van der Waals surface area contributed by atoms with Gasteiger partial charge in [-0.05, 0) is 32.4 Å². The van der Waals surface area contributed by atoms with Gasteiger partial charge < -0.3 is 15.8 Å². The molecule has 128 valence electrons. The number of halogens is 1. The number of nitro groups is 1. The number of hydrogen-bond donors (Lipinski definition) is 2. The van der Waals surface area contributed by atoms with Crippen LogP contribution in [0.3, 0.4) is 0 Å². The monoisotopic (exact) mass is 327 g/mol. The first-order valence-electron chi connectivity index (χ1n) is 7.10. The summed E-state index contributed by atoms with van der Waals surface area (Å²) in [5.74, 6) is -0.940. The number of ether oxygens (including phenoxy) is 1. The highest BCUT2D eigenvalue weighted by Gasteiger charge is 2.29. The third-order valence-electron chi connectivity index (χ3n) is 3.31. The number of nitro benzene ring substituents is 1. The van der Waals surface area contributed by atoms with Crippen molar-refractivity contribution >= 4 is 11.8 Å². The minimum absolute atomic E-state index is 0.107. The Balaban J connectivity index is 2.91. The van der Waals surface area contributed by atoms with Crippen molar-refractivity contribution in [2.24, 2.45) is 5.73 Å². The van der Waals surface area contributed by atoms with E-state index in [2.05, 4.69) is 5.32 Å². The second-order valence-electron chi connectivity index (χ2n) is 6.54. The molecule has 23 heavy (non-hydrogen) atoms. The van der Waals surface area contributed by atoms with Crippen molar-refractivity contribution in [1.29, 1.82) is 0 Å². The molecule has 0 saturated heterocycles. The third-order valence-corrected chi connectivity index (χ3v) is 3.31. The lowest BCUT2D eigenvalue weighted by Crippen LogP contribution is -2.45. The van der Waals surface area contributed by atoms with Crippen LogP contribution in [0.5, 0.6) is 0 Å². The van der Waals surface area contributed by atoms with E-state index >= 15 is 0 Å². The van der Waals surface area contributed by atoms with Crippen LogP contribution in [0.15, 0.2) is 18.2 Å². The largest absolute Gasteiger partial charge is 0.444 e. The Hall–Kier alpha value is -2.22. The lowest BCUT2D eigenvalue weighted by atomic mass is 9.82. The molecular formula is C15H22FN3O4. The molecule has 0 heterocycles. The van der Waals surface area contributed by atoms with Gasteiger partial charge in [0.15, 0.2) is 0 Å². The number of carbonyl (C=O) groups is 1. The van der Waals surface area contributed by atoms with E-state index in [1.54, 1.807) is 27.7 Å². The number of nitrogens with one attached hydrogen (secondary N) is 1. The summed E-state index contributed by atoms with van der Waals surface area (Å²) < 4.78 is 18.9. The summed E-state index contributed by atoms with van der Waals surface area (Å²) in [5.41, 5.74) is 4.18. The number of amides is 1. The molecule has 1 amide bonds. The molecule has 3 N–H and O–H groups in total. The number of carbonyl (C=O) groups excluding carboxylic acids is 1. The van der Waals surface area contributed by atoms with Gasteiger partial charge in [-0.1, -0.05) is 13.0 Å². The van der Waals surface area contributed by atoms with E-state index in [-0.39, 0.29) is 13.1 Å². The lowest BCUT2D eigenvalue weighted by molar-refractivity contribution is -0.387.